The van der Waals surface area contributed by atoms with Crippen LogP contribution in [-0.4, -0.2) is 37.7 Å². The van der Waals surface area contributed by atoms with Crippen molar-refractivity contribution in [1.82, 2.24) is 9.88 Å². The van der Waals surface area contributed by atoms with Crippen LogP contribution in [0.2, 0.25) is 0 Å². The highest BCUT2D eigenvalue weighted by Gasteiger charge is 2.26. The molecule has 0 spiro atoms. The third-order valence-electron chi connectivity index (χ3n) is 6.50. The molecular formula is C26H32N2O3S. The number of nitrogens with one attached hydrogen (secondary N) is 1. The van der Waals surface area contributed by atoms with Crippen LogP contribution in [0.3, 0.4) is 0 Å². The summed E-state index contributed by atoms with van der Waals surface area (Å²) < 4.78 is 31.0. The predicted molar refractivity (Wildman–Crippen MR) is 129 cm³/mol. The van der Waals surface area contributed by atoms with Crippen LogP contribution in [-0.2, 0) is 22.8 Å². The van der Waals surface area contributed by atoms with Crippen molar-refractivity contribution in [1.29, 1.82) is 0 Å². The lowest BCUT2D eigenvalue weighted by Gasteiger charge is -2.35. The van der Waals surface area contributed by atoms with Gasteiger partial charge >= 0.3 is 0 Å². The first-order valence-corrected chi connectivity index (χ1v) is 13.0. The molecule has 1 N–H and O–H groups in total. The van der Waals surface area contributed by atoms with E-state index in [0.717, 1.165) is 37.3 Å². The van der Waals surface area contributed by atoms with E-state index < -0.39 is 9.84 Å². The third-order valence-corrected chi connectivity index (χ3v) is 8.27. The first-order chi connectivity index (χ1) is 15.5. The highest BCUT2D eigenvalue weighted by atomic mass is 32.2. The van der Waals surface area contributed by atoms with Gasteiger partial charge in [-0.1, -0.05) is 44.2 Å². The Morgan fingerprint density at radius 1 is 1.06 bits per heavy atom. The maximum atomic E-state index is 12.7. The molecule has 1 atom stereocenters. The number of H-pyrrole nitrogens is 1. The Morgan fingerprint density at radius 2 is 1.88 bits per heavy atom. The van der Waals surface area contributed by atoms with Gasteiger partial charge in [-0.25, -0.2) is 8.42 Å². The molecule has 0 bridgehead atoms. The molecular weight excluding hydrogens is 420 g/mol. The number of aryl methyl sites for hydroxylation is 1. The molecule has 0 aliphatic heterocycles. The molecule has 32 heavy (non-hydrogen) atoms. The number of rotatable bonds is 8. The minimum Gasteiger partial charge on any atom is -0.496 e. The van der Waals surface area contributed by atoms with Crippen molar-refractivity contribution in [2.45, 2.75) is 50.6 Å². The largest absolute Gasteiger partial charge is 0.496 e. The van der Waals surface area contributed by atoms with Gasteiger partial charge in [-0.2, -0.15) is 0 Å². The molecule has 0 saturated carbocycles. The van der Waals surface area contributed by atoms with E-state index in [-0.39, 0.29) is 5.75 Å². The zero-order chi connectivity index (χ0) is 22.7. The van der Waals surface area contributed by atoms with Crippen LogP contribution in [0, 0.1) is 0 Å². The van der Waals surface area contributed by atoms with Crippen molar-refractivity contribution in [3.8, 4) is 17.0 Å². The number of hydrogen-bond acceptors (Lipinski definition) is 4. The molecule has 1 heterocycles. The maximum Gasteiger partial charge on any atom is 0.178 e. The van der Waals surface area contributed by atoms with Gasteiger partial charge in [0.25, 0.3) is 0 Å². The summed E-state index contributed by atoms with van der Waals surface area (Å²) in [6.07, 6.45) is 3.51. The van der Waals surface area contributed by atoms with Crippen molar-refractivity contribution >= 4 is 9.84 Å². The Morgan fingerprint density at radius 3 is 2.62 bits per heavy atom. The molecule has 3 aromatic rings. The molecule has 1 aliphatic rings. The molecule has 2 aromatic carbocycles. The Balaban J connectivity index is 1.66. The van der Waals surface area contributed by atoms with Crippen LogP contribution >= 0.6 is 0 Å². The summed E-state index contributed by atoms with van der Waals surface area (Å²) in [7, 11) is -1.82. The van der Waals surface area contributed by atoms with Crippen LogP contribution in [0.25, 0.3) is 11.3 Å². The van der Waals surface area contributed by atoms with Gasteiger partial charge in [0.05, 0.1) is 29.0 Å². The molecule has 4 rings (SSSR count). The summed E-state index contributed by atoms with van der Waals surface area (Å²) in [6.45, 7) is 5.59. The van der Waals surface area contributed by atoms with Gasteiger partial charge in [-0.15, -0.1) is 0 Å². The van der Waals surface area contributed by atoms with E-state index in [4.69, 9.17) is 4.74 Å². The fourth-order valence-corrected chi connectivity index (χ4v) is 5.93. The first kappa shape index (κ1) is 22.6. The maximum absolute atomic E-state index is 12.7. The summed E-state index contributed by atoms with van der Waals surface area (Å²) in [4.78, 5) is 6.29. The highest BCUT2D eigenvalue weighted by Crippen LogP contribution is 2.37. The fourth-order valence-electron chi connectivity index (χ4n) is 4.81. The molecule has 0 saturated heterocycles. The lowest BCUT2D eigenvalue weighted by Crippen LogP contribution is -2.31. The van der Waals surface area contributed by atoms with Crippen LogP contribution in [0.15, 0.2) is 59.5 Å². The second-order valence-electron chi connectivity index (χ2n) is 8.30. The Kier molecular flexibility index (Phi) is 6.72. The molecule has 0 fully saturated rings. The number of nitrogens with zero attached hydrogens (tertiary/aromatic N) is 1. The van der Waals surface area contributed by atoms with Crippen molar-refractivity contribution in [2.75, 3.05) is 19.4 Å². The Hall–Kier alpha value is -2.57. The minimum absolute atomic E-state index is 0.0471. The van der Waals surface area contributed by atoms with Crippen LogP contribution < -0.4 is 4.74 Å². The summed E-state index contributed by atoms with van der Waals surface area (Å²) >= 11 is 0. The Labute approximate surface area is 191 Å². The number of aromatic nitrogens is 1. The lowest BCUT2D eigenvalue weighted by molar-refractivity contribution is 0.177. The van der Waals surface area contributed by atoms with E-state index >= 15 is 0 Å². The molecule has 1 unspecified atom stereocenters. The molecule has 170 valence electrons. The first-order valence-electron chi connectivity index (χ1n) is 11.4. The van der Waals surface area contributed by atoms with Gasteiger partial charge in [0.15, 0.2) is 9.84 Å². The zero-order valence-electron chi connectivity index (χ0n) is 19.1. The van der Waals surface area contributed by atoms with Crippen molar-refractivity contribution in [2.24, 2.45) is 0 Å². The quantitative estimate of drug-likeness (QED) is 0.498. The molecule has 0 amide bonds. The summed E-state index contributed by atoms with van der Waals surface area (Å²) in [6, 6.07) is 18.4. The summed E-state index contributed by atoms with van der Waals surface area (Å²) in [5.74, 6) is 0.604. The molecule has 1 aliphatic carbocycles. The van der Waals surface area contributed by atoms with E-state index in [0.29, 0.717) is 22.3 Å². The Bertz CT molecular complexity index is 1180. The fraction of sp³-hybridized carbons (Fsp3) is 0.385. The molecule has 6 heteroatoms. The lowest BCUT2D eigenvalue weighted by atomic mass is 9.86. The van der Waals surface area contributed by atoms with E-state index in [1.54, 1.807) is 26.2 Å². The molecule has 1 aromatic heterocycles. The van der Waals surface area contributed by atoms with Gasteiger partial charge in [0, 0.05) is 18.3 Å². The summed E-state index contributed by atoms with van der Waals surface area (Å²) in [5.41, 5.74) is 5.33. The topological polar surface area (TPSA) is 62.4 Å². The van der Waals surface area contributed by atoms with Crippen molar-refractivity contribution in [3.63, 3.8) is 0 Å². The van der Waals surface area contributed by atoms with Gasteiger partial charge in [0.2, 0.25) is 0 Å². The number of hydrogen-bond donors (Lipinski definition) is 1. The number of aromatic amines is 1. The number of methoxy groups -OCH3 is 1. The number of ether oxygens (including phenoxy) is 1. The second kappa shape index (κ2) is 9.51. The van der Waals surface area contributed by atoms with E-state index in [9.17, 15) is 8.42 Å². The van der Waals surface area contributed by atoms with Crippen molar-refractivity contribution < 1.29 is 13.2 Å². The van der Waals surface area contributed by atoms with Gasteiger partial charge < -0.3 is 9.72 Å². The highest BCUT2D eigenvalue weighted by molar-refractivity contribution is 7.91. The average molecular weight is 453 g/mol. The number of sulfone groups is 1. The van der Waals surface area contributed by atoms with Crippen LogP contribution in [0.1, 0.15) is 49.6 Å². The van der Waals surface area contributed by atoms with Crippen LogP contribution in [0.4, 0.5) is 0 Å². The summed E-state index contributed by atoms with van der Waals surface area (Å²) in [5, 5.41) is 0. The normalized spacial score (nSPS) is 16.2. The van der Waals surface area contributed by atoms with E-state index in [1.807, 2.05) is 12.1 Å². The smallest absolute Gasteiger partial charge is 0.178 e. The third kappa shape index (κ3) is 4.34. The van der Waals surface area contributed by atoms with Crippen molar-refractivity contribution in [3.05, 3.63) is 71.4 Å². The monoisotopic (exact) mass is 452 g/mol. The molecule has 5 nitrogen and oxygen atoms in total. The average Bonchev–Trinajstić information content (AvgIpc) is 3.30. The molecule has 0 radical (unpaired) electrons. The SMILES string of the molecule is CCN(Cc1ccc(-c2c(OC)cccc2S(=O)(=O)CC)[nH]1)C1CCCc2ccccc21. The second-order valence-corrected chi connectivity index (χ2v) is 10.6. The zero-order valence-corrected chi connectivity index (χ0v) is 19.9. The van der Waals surface area contributed by atoms with Gasteiger partial charge in [-0.3, -0.25) is 4.90 Å². The van der Waals surface area contributed by atoms with Gasteiger partial charge in [0.1, 0.15) is 5.75 Å². The predicted octanol–water partition coefficient (Wildman–Crippen LogP) is 5.38. The number of benzene rings is 2. The van der Waals surface area contributed by atoms with Crippen LogP contribution in [0.5, 0.6) is 5.75 Å². The van der Waals surface area contributed by atoms with Gasteiger partial charge in [-0.05, 0) is 61.2 Å². The van der Waals surface area contributed by atoms with E-state index in [2.05, 4.69) is 47.1 Å². The minimum atomic E-state index is -3.39. The standard InChI is InChI=1S/C26H32N2O3S/c1-4-28(23-13-8-11-19-10-6-7-12-21(19)23)18-20-16-17-22(27-20)26-24(31-3)14-9-15-25(26)32(29,30)5-2/h6-7,9-10,12,14-17,23,27H,4-5,8,11,13,18H2,1-3H3. The van der Waals surface area contributed by atoms with E-state index in [1.165, 1.54) is 17.5 Å². The number of fused-ring (bicyclic) bond motifs is 1.